The Kier molecular flexibility index (Phi) is 12.9. The molecule has 1 aromatic rings. The van der Waals surface area contributed by atoms with Crippen LogP contribution < -0.4 is 16.0 Å². The maximum atomic E-state index is 13.0. The highest BCUT2D eigenvalue weighted by Crippen LogP contribution is 2.10. The SMILES string of the molecule is CCC[C@H](NC(=O)OCc1ccccc1)C(=O)NC(CC(C)C)C(=O)N[C@@H](CC(C)C)C(C)=O. The lowest BCUT2D eigenvalue weighted by molar-refractivity contribution is -0.132. The van der Waals surface area contributed by atoms with Gasteiger partial charge in [-0.25, -0.2) is 4.79 Å². The number of benzene rings is 1. The Hall–Kier alpha value is -2.90. The molecule has 3 atom stereocenters. The summed E-state index contributed by atoms with van der Waals surface area (Å²) < 4.78 is 5.24. The Balaban J connectivity index is 2.82. The van der Waals surface area contributed by atoms with E-state index in [0.29, 0.717) is 25.7 Å². The number of hydrogen-bond donors (Lipinski definition) is 3. The topological polar surface area (TPSA) is 114 Å². The molecule has 0 heterocycles. The molecule has 0 saturated heterocycles. The van der Waals surface area contributed by atoms with Gasteiger partial charge in [0.15, 0.2) is 5.78 Å². The molecule has 0 spiro atoms. The second-order valence-electron chi connectivity index (χ2n) is 9.54. The van der Waals surface area contributed by atoms with Crippen molar-refractivity contribution in [2.45, 2.75) is 92.0 Å². The lowest BCUT2D eigenvalue weighted by atomic mass is 9.98. The number of hydrogen-bond acceptors (Lipinski definition) is 5. The van der Waals surface area contributed by atoms with Gasteiger partial charge >= 0.3 is 6.09 Å². The zero-order chi connectivity index (χ0) is 25.7. The van der Waals surface area contributed by atoms with E-state index in [9.17, 15) is 19.2 Å². The van der Waals surface area contributed by atoms with Crippen molar-refractivity contribution in [1.82, 2.24) is 16.0 Å². The fourth-order valence-corrected chi connectivity index (χ4v) is 3.51. The van der Waals surface area contributed by atoms with Crippen molar-refractivity contribution >= 4 is 23.7 Å². The van der Waals surface area contributed by atoms with Crippen LogP contribution in [0, 0.1) is 11.8 Å². The molecule has 0 aliphatic carbocycles. The predicted molar refractivity (Wildman–Crippen MR) is 132 cm³/mol. The quantitative estimate of drug-likeness (QED) is 0.379. The van der Waals surface area contributed by atoms with E-state index in [-0.39, 0.29) is 24.2 Å². The summed E-state index contributed by atoms with van der Waals surface area (Å²) in [5.74, 6) is -0.617. The number of amides is 3. The summed E-state index contributed by atoms with van der Waals surface area (Å²) in [6.07, 6.45) is 1.28. The molecule has 8 nitrogen and oxygen atoms in total. The number of carbonyl (C=O) groups is 4. The first kappa shape index (κ1) is 29.1. The summed E-state index contributed by atoms with van der Waals surface area (Å²) in [5.41, 5.74) is 0.837. The number of rotatable bonds is 14. The van der Waals surface area contributed by atoms with Crippen LogP contribution in [-0.4, -0.2) is 41.8 Å². The highest BCUT2D eigenvalue weighted by molar-refractivity contribution is 5.93. The van der Waals surface area contributed by atoms with Gasteiger partial charge in [0.2, 0.25) is 11.8 Å². The standard InChI is InChI=1S/C26H41N3O5/c1-7-11-21(29-26(33)34-16-20-12-9-8-10-13-20)24(31)28-23(15-18(4)5)25(32)27-22(19(6)30)14-17(2)3/h8-10,12-13,17-18,21-23H,7,11,14-16H2,1-6H3,(H,27,32)(H,28,31)(H,29,33)/t21-,22-,23?/m0/s1. The van der Waals surface area contributed by atoms with Crippen LogP contribution >= 0.6 is 0 Å². The molecule has 190 valence electrons. The van der Waals surface area contributed by atoms with Crippen molar-refractivity contribution in [3.05, 3.63) is 35.9 Å². The highest BCUT2D eigenvalue weighted by Gasteiger charge is 2.29. The van der Waals surface area contributed by atoms with E-state index >= 15 is 0 Å². The molecular weight excluding hydrogens is 434 g/mol. The van der Waals surface area contributed by atoms with Crippen molar-refractivity contribution in [2.75, 3.05) is 0 Å². The third-order valence-electron chi connectivity index (χ3n) is 5.25. The molecule has 34 heavy (non-hydrogen) atoms. The molecule has 0 radical (unpaired) electrons. The van der Waals surface area contributed by atoms with Gasteiger partial charge in [0.05, 0.1) is 6.04 Å². The largest absolute Gasteiger partial charge is 0.445 e. The van der Waals surface area contributed by atoms with Crippen LogP contribution in [-0.2, 0) is 25.7 Å². The molecule has 0 saturated carbocycles. The lowest BCUT2D eigenvalue weighted by Crippen LogP contribution is -2.56. The smallest absolute Gasteiger partial charge is 0.408 e. The van der Waals surface area contributed by atoms with Crippen LogP contribution in [0.2, 0.25) is 0 Å². The molecule has 3 N–H and O–H groups in total. The van der Waals surface area contributed by atoms with E-state index in [1.165, 1.54) is 6.92 Å². The van der Waals surface area contributed by atoms with Crippen molar-refractivity contribution in [2.24, 2.45) is 11.8 Å². The van der Waals surface area contributed by atoms with Gasteiger partial charge in [0.25, 0.3) is 0 Å². The first-order valence-corrected chi connectivity index (χ1v) is 12.1. The predicted octanol–water partition coefficient (Wildman–Crippen LogP) is 3.73. The molecule has 0 aromatic heterocycles. The molecule has 0 aliphatic rings. The molecule has 8 heteroatoms. The van der Waals surface area contributed by atoms with Gasteiger partial charge in [-0.1, -0.05) is 71.4 Å². The van der Waals surface area contributed by atoms with E-state index in [1.807, 2.05) is 65.0 Å². The summed E-state index contributed by atoms with van der Waals surface area (Å²) in [4.78, 5) is 50.3. The Morgan fingerprint density at radius 3 is 1.85 bits per heavy atom. The monoisotopic (exact) mass is 475 g/mol. The van der Waals surface area contributed by atoms with Crippen molar-refractivity contribution in [3.8, 4) is 0 Å². The van der Waals surface area contributed by atoms with Gasteiger partial charge in [-0.3, -0.25) is 14.4 Å². The first-order valence-electron chi connectivity index (χ1n) is 12.1. The molecule has 1 aromatic carbocycles. The van der Waals surface area contributed by atoms with E-state index in [4.69, 9.17) is 4.74 Å². The van der Waals surface area contributed by atoms with Crippen LogP contribution in [0.1, 0.15) is 72.8 Å². The normalized spacial score (nSPS) is 13.6. The van der Waals surface area contributed by atoms with E-state index in [1.54, 1.807) is 0 Å². The van der Waals surface area contributed by atoms with Gasteiger partial charge in [-0.2, -0.15) is 0 Å². The number of alkyl carbamates (subject to hydrolysis) is 1. The van der Waals surface area contributed by atoms with Crippen LogP contribution in [0.15, 0.2) is 30.3 Å². The minimum atomic E-state index is -0.838. The van der Waals surface area contributed by atoms with Gasteiger partial charge in [-0.05, 0) is 43.6 Å². The number of ether oxygens (including phenoxy) is 1. The maximum absolute atomic E-state index is 13.0. The highest BCUT2D eigenvalue weighted by atomic mass is 16.5. The van der Waals surface area contributed by atoms with E-state index in [2.05, 4.69) is 16.0 Å². The Morgan fingerprint density at radius 1 is 0.794 bits per heavy atom. The third kappa shape index (κ3) is 11.3. The second kappa shape index (κ2) is 15.1. The van der Waals surface area contributed by atoms with Crippen molar-refractivity contribution in [1.29, 1.82) is 0 Å². The fourth-order valence-electron chi connectivity index (χ4n) is 3.51. The van der Waals surface area contributed by atoms with Gasteiger partial charge < -0.3 is 20.7 Å². The Labute approximate surface area is 203 Å². The van der Waals surface area contributed by atoms with Gasteiger partial charge in [-0.15, -0.1) is 0 Å². The summed E-state index contributed by atoms with van der Waals surface area (Å²) in [6, 6.07) is 6.99. The Morgan fingerprint density at radius 2 is 1.32 bits per heavy atom. The molecule has 0 aliphatic heterocycles. The zero-order valence-corrected chi connectivity index (χ0v) is 21.4. The third-order valence-corrected chi connectivity index (χ3v) is 5.25. The number of carbonyl (C=O) groups excluding carboxylic acids is 4. The van der Waals surface area contributed by atoms with Crippen LogP contribution in [0.25, 0.3) is 0 Å². The summed E-state index contributed by atoms with van der Waals surface area (Å²) in [6.45, 7) is 11.3. The minimum absolute atomic E-state index is 0.0911. The average Bonchev–Trinajstić information content (AvgIpc) is 2.76. The molecule has 3 amide bonds. The average molecular weight is 476 g/mol. The fraction of sp³-hybridized carbons (Fsp3) is 0.615. The van der Waals surface area contributed by atoms with Crippen LogP contribution in [0.3, 0.4) is 0 Å². The van der Waals surface area contributed by atoms with E-state index in [0.717, 1.165) is 5.56 Å². The molecule has 0 fully saturated rings. The maximum Gasteiger partial charge on any atom is 0.408 e. The minimum Gasteiger partial charge on any atom is -0.445 e. The molecule has 1 rings (SSSR count). The molecular formula is C26H41N3O5. The molecule has 1 unspecified atom stereocenters. The zero-order valence-electron chi connectivity index (χ0n) is 21.4. The molecule has 0 bridgehead atoms. The van der Waals surface area contributed by atoms with Crippen molar-refractivity contribution < 1.29 is 23.9 Å². The number of ketones is 1. The summed E-state index contributed by atoms with van der Waals surface area (Å²) in [5, 5.41) is 8.18. The summed E-state index contributed by atoms with van der Waals surface area (Å²) >= 11 is 0. The number of Topliss-reactive ketones (excluding diaryl/α,β-unsaturated/α-hetero) is 1. The lowest BCUT2D eigenvalue weighted by Gasteiger charge is -2.26. The first-order chi connectivity index (χ1) is 16.0. The van der Waals surface area contributed by atoms with Crippen LogP contribution in [0.5, 0.6) is 0 Å². The van der Waals surface area contributed by atoms with Gasteiger partial charge in [0, 0.05) is 0 Å². The Bertz CT molecular complexity index is 795. The van der Waals surface area contributed by atoms with Crippen LogP contribution in [0.4, 0.5) is 4.79 Å². The van der Waals surface area contributed by atoms with E-state index < -0.39 is 36.0 Å². The summed E-state index contributed by atoms with van der Waals surface area (Å²) in [7, 11) is 0. The van der Waals surface area contributed by atoms with Gasteiger partial charge in [0.1, 0.15) is 18.7 Å². The second-order valence-corrected chi connectivity index (χ2v) is 9.54. The number of nitrogens with one attached hydrogen (secondary N) is 3. The van der Waals surface area contributed by atoms with Crippen molar-refractivity contribution in [3.63, 3.8) is 0 Å².